The summed E-state index contributed by atoms with van der Waals surface area (Å²) in [6.07, 6.45) is 1.80. The summed E-state index contributed by atoms with van der Waals surface area (Å²) in [6.45, 7) is 8.75. The van der Waals surface area contributed by atoms with E-state index in [2.05, 4.69) is 76.2 Å². The van der Waals surface area contributed by atoms with Crippen LogP contribution >= 0.6 is 0 Å². The van der Waals surface area contributed by atoms with E-state index in [4.69, 9.17) is 4.98 Å². The summed E-state index contributed by atoms with van der Waals surface area (Å²) in [5, 5.41) is 9.55. The lowest BCUT2D eigenvalue weighted by atomic mass is 10.0. The number of amides is 1. The number of benzene rings is 2. The van der Waals surface area contributed by atoms with E-state index in [0.717, 1.165) is 16.7 Å². The van der Waals surface area contributed by atoms with Crippen LogP contribution in [0.4, 0.5) is 11.8 Å². The zero-order chi connectivity index (χ0) is 24.1. The average Bonchev–Trinajstić information content (AvgIpc) is 3.26. The van der Waals surface area contributed by atoms with Gasteiger partial charge in [0.05, 0.1) is 6.33 Å². The fourth-order valence-electron chi connectivity index (χ4n) is 3.77. The van der Waals surface area contributed by atoms with Gasteiger partial charge in [0, 0.05) is 32.1 Å². The molecule has 34 heavy (non-hydrogen) atoms. The first-order valence-electron chi connectivity index (χ1n) is 11.5. The standard InChI is InChI=1S/C26H31N7O/c1-17(2)33-16-29-23-24(31-26(32-25(23)33)28-14-18(3)30-19(4)34)27-15-20-10-12-22(13-11-20)21-8-6-5-7-9-21/h5-13,16-18H,14-15H2,1-4H3,(H,30,34)(H2,27,28,31,32)/t18-/m0/s1. The largest absolute Gasteiger partial charge is 0.364 e. The van der Waals surface area contributed by atoms with Gasteiger partial charge in [-0.15, -0.1) is 0 Å². The molecule has 0 unspecified atom stereocenters. The van der Waals surface area contributed by atoms with E-state index in [1.165, 1.54) is 18.1 Å². The predicted molar refractivity (Wildman–Crippen MR) is 137 cm³/mol. The number of rotatable bonds is 9. The lowest BCUT2D eigenvalue weighted by Crippen LogP contribution is -2.36. The predicted octanol–water partition coefficient (Wildman–Crippen LogP) is 4.62. The van der Waals surface area contributed by atoms with Crippen molar-refractivity contribution in [2.24, 2.45) is 0 Å². The maximum atomic E-state index is 11.3. The lowest BCUT2D eigenvalue weighted by Gasteiger charge is -2.15. The summed E-state index contributed by atoms with van der Waals surface area (Å²) < 4.78 is 2.03. The number of aromatic nitrogens is 4. The summed E-state index contributed by atoms with van der Waals surface area (Å²) in [4.78, 5) is 25.3. The van der Waals surface area contributed by atoms with Crippen molar-refractivity contribution in [2.45, 2.75) is 46.3 Å². The molecule has 3 N–H and O–H groups in total. The SMILES string of the molecule is CC(=O)N[C@@H](C)CNc1nc(NCc2ccc(-c3ccccc3)cc2)c2ncn(C(C)C)c2n1. The van der Waals surface area contributed by atoms with E-state index in [-0.39, 0.29) is 18.0 Å². The highest BCUT2D eigenvalue weighted by Crippen LogP contribution is 2.24. The third kappa shape index (κ3) is 5.51. The molecule has 8 nitrogen and oxygen atoms in total. The van der Waals surface area contributed by atoms with E-state index in [9.17, 15) is 4.79 Å². The number of carbonyl (C=O) groups excluding carboxylic acids is 1. The molecule has 0 saturated heterocycles. The Balaban J connectivity index is 1.54. The fraction of sp³-hybridized carbons (Fsp3) is 0.308. The number of fused-ring (bicyclic) bond motifs is 1. The second-order valence-corrected chi connectivity index (χ2v) is 8.71. The average molecular weight is 458 g/mol. The van der Waals surface area contributed by atoms with Gasteiger partial charge in [0.2, 0.25) is 11.9 Å². The van der Waals surface area contributed by atoms with Crippen LogP contribution in [-0.2, 0) is 11.3 Å². The second-order valence-electron chi connectivity index (χ2n) is 8.71. The van der Waals surface area contributed by atoms with Crippen LogP contribution in [0.5, 0.6) is 0 Å². The lowest BCUT2D eigenvalue weighted by molar-refractivity contribution is -0.119. The van der Waals surface area contributed by atoms with Gasteiger partial charge in [-0.3, -0.25) is 4.79 Å². The van der Waals surface area contributed by atoms with Gasteiger partial charge >= 0.3 is 0 Å². The van der Waals surface area contributed by atoms with Gasteiger partial charge in [0.25, 0.3) is 0 Å². The van der Waals surface area contributed by atoms with Gasteiger partial charge in [-0.1, -0.05) is 54.6 Å². The van der Waals surface area contributed by atoms with E-state index in [1.807, 2.05) is 29.7 Å². The Morgan fingerprint density at radius 1 is 0.941 bits per heavy atom. The quantitative estimate of drug-likeness (QED) is 0.339. The first-order chi connectivity index (χ1) is 16.4. The second kappa shape index (κ2) is 10.3. The summed E-state index contributed by atoms with van der Waals surface area (Å²) in [5.74, 6) is 1.10. The minimum Gasteiger partial charge on any atom is -0.364 e. The Morgan fingerprint density at radius 3 is 2.32 bits per heavy atom. The van der Waals surface area contributed by atoms with E-state index in [1.54, 1.807) is 6.33 Å². The van der Waals surface area contributed by atoms with E-state index in [0.29, 0.717) is 24.9 Å². The third-order valence-electron chi connectivity index (χ3n) is 5.51. The van der Waals surface area contributed by atoms with Crippen LogP contribution in [0, 0.1) is 0 Å². The van der Waals surface area contributed by atoms with Crippen molar-refractivity contribution in [3.05, 3.63) is 66.5 Å². The molecule has 176 valence electrons. The maximum Gasteiger partial charge on any atom is 0.226 e. The van der Waals surface area contributed by atoms with Crippen LogP contribution in [0.1, 0.15) is 39.3 Å². The van der Waals surface area contributed by atoms with Crippen LogP contribution < -0.4 is 16.0 Å². The number of anilines is 2. The molecule has 0 aliphatic carbocycles. The number of hydrogen-bond donors (Lipinski definition) is 3. The third-order valence-corrected chi connectivity index (χ3v) is 5.51. The minimum atomic E-state index is -0.0656. The molecule has 8 heteroatoms. The van der Waals surface area contributed by atoms with Crippen molar-refractivity contribution >= 4 is 28.8 Å². The normalized spacial score (nSPS) is 12.0. The molecule has 2 aromatic carbocycles. The Kier molecular flexibility index (Phi) is 7.06. The molecule has 1 atom stereocenters. The van der Waals surface area contributed by atoms with Crippen molar-refractivity contribution in [3.63, 3.8) is 0 Å². The van der Waals surface area contributed by atoms with Crippen molar-refractivity contribution < 1.29 is 4.79 Å². The molecule has 0 radical (unpaired) electrons. The smallest absolute Gasteiger partial charge is 0.226 e. The molecule has 0 fully saturated rings. The summed E-state index contributed by atoms with van der Waals surface area (Å²) in [6, 6.07) is 19.0. The molecule has 0 bridgehead atoms. The van der Waals surface area contributed by atoms with E-state index >= 15 is 0 Å². The summed E-state index contributed by atoms with van der Waals surface area (Å²) >= 11 is 0. The Hall–Kier alpha value is -3.94. The first kappa shape index (κ1) is 23.2. The fourth-order valence-corrected chi connectivity index (χ4v) is 3.77. The summed E-state index contributed by atoms with van der Waals surface area (Å²) in [7, 11) is 0. The van der Waals surface area contributed by atoms with Crippen molar-refractivity contribution in [2.75, 3.05) is 17.2 Å². The molecule has 0 spiro atoms. The van der Waals surface area contributed by atoms with Crippen LogP contribution in [0.25, 0.3) is 22.3 Å². The highest BCUT2D eigenvalue weighted by molar-refractivity contribution is 5.84. The zero-order valence-electron chi connectivity index (χ0n) is 20.0. The number of nitrogens with zero attached hydrogens (tertiary/aromatic N) is 4. The number of hydrogen-bond acceptors (Lipinski definition) is 6. The number of imidazole rings is 1. The molecule has 0 saturated carbocycles. The summed E-state index contributed by atoms with van der Waals surface area (Å²) in [5.41, 5.74) is 5.02. The van der Waals surface area contributed by atoms with Crippen molar-refractivity contribution in [1.82, 2.24) is 24.8 Å². The Labute approximate surface area is 199 Å². The number of carbonyl (C=O) groups is 1. The van der Waals surface area contributed by atoms with Crippen LogP contribution in [0.15, 0.2) is 60.9 Å². The van der Waals surface area contributed by atoms with E-state index < -0.39 is 0 Å². The van der Waals surface area contributed by atoms with Gasteiger partial charge in [-0.2, -0.15) is 9.97 Å². The van der Waals surface area contributed by atoms with Crippen molar-refractivity contribution in [3.8, 4) is 11.1 Å². The molecular weight excluding hydrogens is 426 g/mol. The highest BCUT2D eigenvalue weighted by Gasteiger charge is 2.15. The van der Waals surface area contributed by atoms with Gasteiger partial charge in [0.15, 0.2) is 17.0 Å². The molecule has 2 heterocycles. The molecule has 4 rings (SSSR count). The zero-order valence-corrected chi connectivity index (χ0v) is 20.0. The molecule has 0 aliphatic heterocycles. The topological polar surface area (TPSA) is 96.8 Å². The molecule has 0 aliphatic rings. The van der Waals surface area contributed by atoms with Crippen LogP contribution in [0.2, 0.25) is 0 Å². The molecular formula is C26H31N7O. The Bertz CT molecular complexity index is 1250. The molecule has 1 amide bonds. The Morgan fingerprint density at radius 2 is 1.65 bits per heavy atom. The highest BCUT2D eigenvalue weighted by atomic mass is 16.1. The first-order valence-corrected chi connectivity index (χ1v) is 11.5. The monoisotopic (exact) mass is 457 g/mol. The van der Waals surface area contributed by atoms with Gasteiger partial charge in [-0.25, -0.2) is 4.98 Å². The van der Waals surface area contributed by atoms with Crippen LogP contribution in [-0.4, -0.2) is 38.0 Å². The number of nitrogens with one attached hydrogen (secondary N) is 3. The molecule has 2 aromatic heterocycles. The molecule has 4 aromatic rings. The minimum absolute atomic E-state index is 0.0497. The van der Waals surface area contributed by atoms with Gasteiger partial charge in [0.1, 0.15) is 0 Å². The van der Waals surface area contributed by atoms with Crippen LogP contribution in [0.3, 0.4) is 0 Å². The van der Waals surface area contributed by atoms with Crippen molar-refractivity contribution in [1.29, 1.82) is 0 Å². The van der Waals surface area contributed by atoms with Gasteiger partial charge < -0.3 is 20.5 Å². The van der Waals surface area contributed by atoms with Gasteiger partial charge in [-0.05, 0) is 37.5 Å². The maximum absolute atomic E-state index is 11.3.